The van der Waals surface area contributed by atoms with Gasteiger partial charge in [-0.05, 0) is 34.7 Å². The first kappa shape index (κ1) is 8.52. The number of hydroxylamine groups is 1. The maximum atomic E-state index is 10.5. The Morgan fingerprint density at radius 3 is 2.82 bits per heavy atom. The van der Waals surface area contributed by atoms with Gasteiger partial charge in [0.25, 0.3) is 0 Å². The maximum Gasteiger partial charge on any atom is 0.178 e. The minimum Gasteiger partial charge on any atom is -0.624 e. The Morgan fingerprint density at radius 1 is 1.55 bits per heavy atom. The summed E-state index contributed by atoms with van der Waals surface area (Å²) in [6.45, 7) is 3.60. The van der Waals surface area contributed by atoms with E-state index in [1.807, 2.05) is 24.3 Å². The molecule has 0 spiro atoms. The average molecular weight is 261 g/mol. The molecular formula is C8H8INO. The lowest BCUT2D eigenvalue weighted by molar-refractivity contribution is -0.465. The van der Waals surface area contributed by atoms with Crippen LogP contribution in [0, 0.1) is 8.78 Å². The molecule has 1 aromatic carbocycles. The molecule has 0 atom stereocenters. The van der Waals surface area contributed by atoms with E-state index >= 15 is 0 Å². The van der Waals surface area contributed by atoms with E-state index in [-0.39, 0.29) is 0 Å². The highest BCUT2D eigenvalue weighted by atomic mass is 127. The smallest absolute Gasteiger partial charge is 0.178 e. The number of hydrogen-bond acceptors (Lipinski definition) is 1. The van der Waals surface area contributed by atoms with Crippen LogP contribution in [0.15, 0.2) is 24.3 Å². The molecule has 11 heavy (non-hydrogen) atoms. The Morgan fingerprint density at radius 2 is 2.27 bits per heavy atom. The van der Waals surface area contributed by atoms with E-state index in [2.05, 4.69) is 29.3 Å². The Balaban J connectivity index is 2.79. The molecule has 0 heterocycles. The van der Waals surface area contributed by atoms with Crippen molar-refractivity contribution in [3.63, 3.8) is 0 Å². The largest absolute Gasteiger partial charge is 0.624 e. The molecule has 0 unspecified atom stereocenters. The summed E-state index contributed by atoms with van der Waals surface area (Å²) in [4.78, 5) is 0. The van der Waals surface area contributed by atoms with Gasteiger partial charge in [-0.1, -0.05) is 12.1 Å². The van der Waals surface area contributed by atoms with Crippen molar-refractivity contribution in [1.29, 1.82) is 0 Å². The molecular weight excluding hydrogens is 253 g/mol. The molecule has 0 aliphatic rings. The van der Waals surface area contributed by atoms with Gasteiger partial charge in [-0.15, -0.1) is 0 Å². The third-order valence-electron chi connectivity index (χ3n) is 1.25. The minimum absolute atomic E-state index is 0.358. The quantitative estimate of drug-likeness (QED) is 0.263. The van der Waals surface area contributed by atoms with Gasteiger partial charge in [0.1, 0.15) is 6.72 Å². The molecule has 2 nitrogen and oxygen atoms in total. The molecule has 1 rings (SSSR count). The van der Waals surface area contributed by atoms with Crippen molar-refractivity contribution in [2.24, 2.45) is 0 Å². The molecule has 0 saturated carbocycles. The van der Waals surface area contributed by atoms with Crippen molar-refractivity contribution < 1.29 is 4.74 Å². The molecule has 0 radical (unpaired) electrons. The highest BCUT2D eigenvalue weighted by Gasteiger charge is 1.95. The van der Waals surface area contributed by atoms with Crippen LogP contribution < -0.4 is 0 Å². The van der Waals surface area contributed by atoms with Crippen LogP contribution in [0.3, 0.4) is 0 Å². The first-order chi connectivity index (χ1) is 5.18. The summed E-state index contributed by atoms with van der Waals surface area (Å²) < 4.78 is 1.81. The van der Waals surface area contributed by atoms with Crippen LogP contribution in [0.2, 0.25) is 0 Å². The van der Waals surface area contributed by atoms with E-state index in [0.717, 1.165) is 9.13 Å². The van der Waals surface area contributed by atoms with E-state index in [1.165, 1.54) is 0 Å². The average Bonchev–Trinajstić information content (AvgIpc) is 1.85. The van der Waals surface area contributed by atoms with Crippen LogP contribution in [0.25, 0.3) is 0 Å². The Kier molecular flexibility index (Phi) is 2.87. The number of rotatable bonds is 2. The lowest BCUT2D eigenvalue weighted by atomic mass is 10.2. The standard InChI is InChI=1S/C8H8INO/c1-10(11)6-7-3-2-4-8(9)5-7/h2-5H,1,6H2. The van der Waals surface area contributed by atoms with Gasteiger partial charge in [0.05, 0.1) is 0 Å². The first-order valence-electron chi connectivity index (χ1n) is 3.18. The second kappa shape index (κ2) is 3.71. The number of nitrogens with zero attached hydrogens (tertiary/aromatic N) is 1. The molecule has 0 aliphatic carbocycles. The molecule has 58 valence electrons. The van der Waals surface area contributed by atoms with Gasteiger partial charge in [0.15, 0.2) is 6.54 Å². The van der Waals surface area contributed by atoms with E-state index < -0.39 is 0 Å². The second-order valence-electron chi connectivity index (χ2n) is 2.27. The van der Waals surface area contributed by atoms with Crippen LogP contribution in [-0.2, 0) is 6.54 Å². The monoisotopic (exact) mass is 261 g/mol. The van der Waals surface area contributed by atoms with Gasteiger partial charge in [-0.3, -0.25) is 0 Å². The normalized spacial score (nSPS) is 9.55. The summed E-state index contributed by atoms with van der Waals surface area (Å²) in [5, 5.41) is 10.5. The van der Waals surface area contributed by atoms with E-state index in [9.17, 15) is 5.21 Å². The summed E-state index contributed by atoms with van der Waals surface area (Å²) in [7, 11) is 0. The van der Waals surface area contributed by atoms with E-state index in [1.54, 1.807) is 0 Å². The molecule has 0 aliphatic heterocycles. The van der Waals surface area contributed by atoms with Crippen LogP contribution in [0.5, 0.6) is 0 Å². The highest BCUT2D eigenvalue weighted by Crippen LogP contribution is 2.07. The maximum absolute atomic E-state index is 10.5. The topological polar surface area (TPSA) is 26.1 Å². The van der Waals surface area contributed by atoms with Crippen LogP contribution in [0.1, 0.15) is 5.56 Å². The van der Waals surface area contributed by atoms with Crippen molar-refractivity contribution in [2.75, 3.05) is 0 Å². The lowest BCUT2D eigenvalue weighted by Gasteiger charge is -2.01. The fourth-order valence-corrected chi connectivity index (χ4v) is 1.45. The van der Waals surface area contributed by atoms with Crippen molar-refractivity contribution in [3.05, 3.63) is 38.6 Å². The predicted molar refractivity (Wildman–Crippen MR) is 53.6 cm³/mol. The van der Waals surface area contributed by atoms with Crippen molar-refractivity contribution in [2.45, 2.75) is 6.54 Å². The fourth-order valence-electron chi connectivity index (χ4n) is 0.839. The fraction of sp³-hybridized carbons (Fsp3) is 0.125. The summed E-state index contributed by atoms with van der Waals surface area (Å²) in [6, 6.07) is 7.80. The summed E-state index contributed by atoms with van der Waals surface area (Å²) in [5.41, 5.74) is 1.00. The summed E-state index contributed by atoms with van der Waals surface area (Å²) in [5.74, 6) is 0. The van der Waals surface area contributed by atoms with Gasteiger partial charge in [-0.2, -0.15) is 0 Å². The van der Waals surface area contributed by atoms with E-state index in [0.29, 0.717) is 11.3 Å². The van der Waals surface area contributed by atoms with Gasteiger partial charge in [-0.25, -0.2) is 4.74 Å². The number of hydrogen-bond donors (Lipinski definition) is 0. The molecule has 0 fully saturated rings. The first-order valence-corrected chi connectivity index (χ1v) is 4.26. The van der Waals surface area contributed by atoms with Gasteiger partial charge >= 0.3 is 0 Å². The molecule has 3 heteroatoms. The van der Waals surface area contributed by atoms with Gasteiger partial charge in [0, 0.05) is 9.13 Å². The molecule has 0 amide bonds. The zero-order chi connectivity index (χ0) is 8.27. The van der Waals surface area contributed by atoms with E-state index in [4.69, 9.17) is 0 Å². The Labute approximate surface area is 79.3 Å². The SMILES string of the molecule is C=[N+]([O-])Cc1cccc(I)c1. The van der Waals surface area contributed by atoms with Crippen LogP contribution in [-0.4, -0.2) is 11.5 Å². The number of halogens is 1. The van der Waals surface area contributed by atoms with Gasteiger partial charge in [0.2, 0.25) is 0 Å². The molecule has 0 saturated heterocycles. The third kappa shape index (κ3) is 2.88. The zero-order valence-electron chi connectivity index (χ0n) is 5.96. The van der Waals surface area contributed by atoms with Crippen LogP contribution >= 0.6 is 22.6 Å². The highest BCUT2D eigenvalue weighted by molar-refractivity contribution is 14.1. The summed E-state index contributed by atoms with van der Waals surface area (Å²) >= 11 is 2.21. The van der Waals surface area contributed by atoms with Gasteiger partial charge < -0.3 is 5.21 Å². The summed E-state index contributed by atoms with van der Waals surface area (Å²) in [6.07, 6.45) is 0. The third-order valence-corrected chi connectivity index (χ3v) is 1.92. The predicted octanol–water partition coefficient (Wildman–Crippen LogP) is 2.00. The molecule has 0 bridgehead atoms. The Hall–Kier alpha value is -0.580. The molecule has 1 aromatic rings. The van der Waals surface area contributed by atoms with Crippen molar-refractivity contribution in [3.8, 4) is 0 Å². The van der Waals surface area contributed by atoms with Crippen molar-refractivity contribution in [1.82, 2.24) is 0 Å². The molecule has 0 N–H and O–H groups in total. The zero-order valence-corrected chi connectivity index (χ0v) is 8.11. The second-order valence-corrected chi connectivity index (χ2v) is 3.52. The molecule has 0 aromatic heterocycles. The van der Waals surface area contributed by atoms with Crippen molar-refractivity contribution >= 4 is 29.3 Å². The minimum atomic E-state index is 0.358. The number of benzene rings is 1. The Bertz CT molecular complexity index is 273. The van der Waals surface area contributed by atoms with Crippen LogP contribution in [0.4, 0.5) is 0 Å². The lowest BCUT2D eigenvalue weighted by Crippen LogP contribution is -1.99.